The number of nitrogens with one attached hydrogen (secondary N) is 1. The number of hydrogen-bond acceptors (Lipinski definition) is 4. The van der Waals surface area contributed by atoms with Crippen LogP contribution in [0.1, 0.15) is 26.2 Å². The predicted molar refractivity (Wildman–Crippen MR) is 70.6 cm³/mol. The lowest BCUT2D eigenvalue weighted by Crippen LogP contribution is -2.57. The van der Waals surface area contributed by atoms with Crippen LogP contribution >= 0.6 is 0 Å². The van der Waals surface area contributed by atoms with Gasteiger partial charge in [0.25, 0.3) is 5.91 Å². The van der Waals surface area contributed by atoms with Gasteiger partial charge in [-0.25, -0.2) is 0 Å². The van der Waals surface area contributed by atoms with Crippen molar-refractivity contribution in [3.63, 3.8) is 0 Å². The van der Waals surface area contributed by atoms with Gasteiger partial charge in [-0.05, 0) is 19.8 Å². The molecule has 3 amide bonds. The average molecular weight is 283 g/mol. The van der Waals surface area contributed by atoms with E-state index in [4.69, 9.17) is 0 Å². The van der Waals surface area contributed by atoms with E-state index in [1.807, 2.05) is 0 Å². The fourth-order valence-corrected chi connectivity index (χ4v) is 2.62. The first-order chi connectivity index (χ1) is 9.49. The summed E-state index contributed by atoms with van der Waals surface area (Å²) < 4.78 is 0. The van der Waals surface area contributed by atoms with E-state index in [9.17, 15) is 19.5 Å². The molecule has 2 aliphatic heterocycles. The highest BCUT2D eigenvalue weighted by atomic mass is 16.3. The minimum atomic E-state index is -1.00. The molecule has 2 N–H and O–H groups in total. The van der Waals surface area contributed by atoms with Gasteiger partial charge >= 0.3 is 0 Å². The fraction of sp³-hybridized carbons (Fsp3) is 0.769. The molecule has 0 aromatic rings. The third-order valence-electron chi connectivity index (χ3n) is 3.79. The Morgan fingerprint density at radius 2 is 1.85 bits per heavy atom. The lowest BCUT2D eigenvalue weighted by molar-refractivity contribution is -0.146. The zero-order valence-corrected chi connectivity index (χ0v) is 11.7. The van der Waals surface area contributed by atoms with Gasteiger partial charge in [0.1, 0.15) is 12.1 Å². The van der Waals surface area contributed by atoms with Crippen molar-refractivity contribution in [1.29, 1.82) is 0 Å². The van der Waals surface area contributed by atoms with Crippen LogP contribution in [0.4, 0.5) is 0 Å². The summed E-state index contributed by atoms with van der Waals surface area (Å²) in [6, 6.07) is -0.421. The topological polar surface area (TPSA) is 90.0 Å². The zero-order valence-electron chi connectivity index (χ0n) is 11.7. The van der Waals surface area contributed by atoms with Crippen LogP contribution in [0.15, 0.2) is 0 Å². The number of piperazine rings is 1. The number of nitrogens with zero attached hydrogens (tertiary/aromatic N) is 2. The molecule has 0 aromatic carbocycles. The lowest BCUT2D eigenvalue weighted by Gasteiger charge is -2.37. The first-order valence-electron chi connectivity index (χ1n) is 7.04. The molecule has 2 rings (SSSR count). The molecule has 0 saturated carbocycles. The summed E-state index contributed by atoms with van der Waals surface area (Å²) in [5.74, 6) is -0.442. The second-order valence-electron chi connectivity index (χ2n) is 5.34. The predicted octanol–water partition coefficient (Wildman–Crippen LogP) is -1.29. The fourth-order valence-electron chi connectivity index (χ4n) is 2.62. The van der Waals surface area contributed by atoms with Crippen molar-refractivity contribution in [2.75, 3.05) is 26.2 Å². The number of hydrogen-bond donors (Lipinski definition) is 2. The highest BCUT2D eigenvalue weighted by molar-refractivity contribution is 5.89. The van der Waals surface area contributed by atoms with Crippen molar-refractivity contribution in [3.8, 4) is 0 Å². The number of aliphatic hydroxyl groups excluding tert-OH is 1. The number of carbonyl (C=O) groups is 3. The summed E-state index contributed by atoms with van der Waals surface area (Å²) in [6.07, 6.45) is 0.899. The standard InChI is InChI=1S/C13H21N3O4/c1-9(17)12(19)15-5-7-16(8-6-15)13(20)10-3-2-4-11(18)14-10/h9-10,17H,2-8H2,1H3,(H,14,18)/t9?,10-/m1/s1. The third-order valence-corrected chi connectivity index (χ3v) is 3.79. The summed E-state index contributed by atoms with van der Waals surface area (Å²) in [7, 11) is 0. The van der Waals surface area contributed by atoms with Gasteiger partial charge in [-0.2, -0.15) is 0 Å². The van der Waals surface area contributed by atoms with Crippen LogP contribution < -0.4 is 5.32 Å². The second-order valence-corrected chi connectivity index (χ2v) is 5.34. The van der Waals surface area contributed by atoms with Gasteiger partial charge in [-0.1, -0.05) is 0 Å². The monoisotopic (exact) mass is 283 g/mol. The molecule has 1 unspecified atom stereocenters. The first-order valence-corrected chi connectivity index (χ1v) is 7.04. The molecule has 0 spiro atoms. The molecule has 0 aliphatic carbocycles. The van der Waals surface area contributed by atoms with E-state index in [1.54, 1.807) is 9.80 Å². The van der Waals surface area contributed by atoms with E-state index in [0.29, 0.717) is 39.0 Å². The van der Waals surface area contributed by atoms with Crippen LogP contribution in [0.2, 0.25) is 0 Å². The quantitative estimate of drug-likeness (QED) is 0.659. The molecule has 0 aromatic heterocycles. The molecule has 2 heterocycles. The average Bonchev–Trinajstić information content (AvgIpc) is 2.46. The molecule has 20 heavy (non-hydrogen) atoms. The number of aliphatic hydroxyl groups is 1. The number of carbonyl (C=O) groups excluding carboxylic acids is 3. The number of rotatable bonds is 2. The van der Waals surface area contributed by atoms with Crippen molar-refractivity contribution in [1.82, 2.24) is 15.1 Å². The van der Waals surface area contributed by atoms with Gasteiger partial charge in [0.15, 0.2) is 0 Å². The van der Waals surface area contributed by atoms with E-state index >= 15 is 0 Å². The summed E-state index contributed by atoms with van der Waals surface area (Å²) in [5, 5.41) is 12.0. The van der Waals surface area contributed by atoms with Crippen molar-refractivity contribution in [2.24, 2.45) is 0 Å². The van der Waals surface area contributed by atoms with Gasteiger partial charge < -0.3 is 20.2 Å². The first kappa shape index (κ1) is 14.8. The largest absolute Gasteiger partial charge is 0.384 e. The molecule has 2 fully saturated rings. The molecule has 0 bridgehead atoms. The Morgan fingerprint density at radius 3 is 2.40 bits per heavy atom. The summed E-state index contributed by atoms with van der Waals surface area (Å²) >= 11 is 0. The van der Waals surface area contributed by atoms with Crippen molar-refractivity contribution >= 4 is 17.7 Å². The van der Waals surface area contributed by atoms with Crippen LogP contribution in [0, 0.1) is 0 Å². The number of piperidine rings is 1. The summed E-state index contributed by atoms with van der Waals surface area (Å²) in [5.41, 5.74) is 0. The minimum Gasteiger partial charge on any atom is -0.384 e. The SMILES string of the molecule is CC(O)C(=O)N1CCN(C(=O)[C@H]2CCCC(=O)N2)CC1. The minimum absolute atomic E-state index is 0.0674. The Labute approximate surface area is 117 Å². The molecule has 2 aliphatic rings. The van der Waals surface area contributed by atoms with Gasteiger partial charge in [0, 0.05) is 32.6 Å². The van der Waals surface area contributed by atoms with Gasteiger partial charge in [-0.15, -0.1) is 0 Å². The van der Waals surface area contributed by atoms with E-state index < -0.39 is 12.1 Å². The molecule has 2 saturated heterocycles. The van der Waals surface area contributed by atoms with Gasteiger partial charge in [-0.3, -0.25) is 14.4 Å². The Kier molecular flexibility index (Phi) is 4.59. The molecular formula is C13H21N3O4. The van der Waals surface area contributed by atoms with Crippen LogP contribution in [-0.4, -0.2) is 71.0 Å². The highest BCUT2D eigenvalue weighted by Crippen LogP contribution is 2.13. The van der Waals surface area contributed by atoms with Gasteiger partial charge in [0.05, 0.1) is 0 Å². The number of amides is 3. The van der Waals surface area contributed by atoms with E-state index in [-0.39, 0.29) is 17.7 Å². The highest BCUT2D eigenvalue weighted by Gasteiger charge is 2.31. The van der Waals surface area contributed by atoms with Crippen molar-refractivity contribution in [2.45, 2.75) is 38.3 Å². The molecule has 7 heteroatoms. The maximum atomic E-state index is 12.3. The maximum absolute atomic E-state index is 12.3. The van der Waals surface area contributed by atoms with E-state index in [2.05, 4.69) is 5.32 Å². The second kappa shape index (κ2) is 6.21. The zero-order chi connectivity index (χ0) is 14.7. The molecule has 7 nitrogen and oxygen atoms in total. The Morgan fingerprint density at radius 1 is 1.25 bits per heavy atom. The van der Waals surface area contributed by atoms with Gasteiger partial charge in [0.2, 0.25) is 11.8 Å². The van der Waals surface area contributed by atoms with Crippen LogP contribution in [0.5, 0.6) is 0 Å². The van der Waals surface area contributed by atoms with Crippen LogP contribution in [0.3, 0.4) is 0 Å². The molecule has 112 valence electrons. The van der Waals surface area contributed by atoms with E-state index in [1.165, 1.54) is 6.92 Å². The third kappa shape index (κ3) is 3.27. The van der Waals surface area contributed by atoms with Crippen LogP contribution in [-0.2, 0) is 14.4 Å². The molecule has 0 radical (unpaired) electrons. The smallest absolute Gasteiger partial charge is 0.251 e. The molecular weight excluding hydrogens is 262 g/mol. The normalized spacial score (nSPS) is 25.1. The van der Waals surface area contributed by atoms with Crippen LogP contribution in [0.25, 0.3) is 0 Å². The summed E-state index contributed by atoms with van der Waals surface area (Å²) in [4.78, 5) is 38.5. The van der Waals surface area contributed by atoms with Crippen molar-refractivity contribution in [3.05, 3.63) is 0 Å². The Hall–Kier alpha value is -1.63. The lowest BCUT2D eigenvalue weighted by atomic mass is 10.0. The summed E-state index contributed by atoms with van der Waals surface area (Å²) in [6.45, 7) is 3.19. The molecule has 2 atom stereocenters. The van der Waals surface area contributed by atoms with Crippen molar-refractivity contribution < 1.29 is 19.5 Å². The Balaban J connectivity index is 1.85. The van der Waals surface area contributed by atoms with E-state index in [0.717, 1.165) is 6.42 Å². The Bertz CT molecular complexity index is 402. The maximum Gasteiger partial charge on any atom is 0.251 e.